The molecule has 0 radical (unpaired) electrons. The third-order valence-electron chi connectivity index (χ3n) is 6.51. The van der Waals surface area contributed by atoms with Gasteiger partial charge in [-0.05, 0) is 75.3 Å². The first-order valence-electron chi connectivity index (χ1n) is 9.55. The second-order valence-electron chi connectivity index (χ2n) is 8.59. The largest absolute Gasteiger partial charge is 0.346 e. The van der Waals surface area contributed by atoms with Gasteiger partial charge in [0.25, 0.3) is 5.91 Å². The summed E-state index contributed by atoms with van der Waals surface area (Å²) in [5.74, 6) is 2.55. The summed E-state index contributed by atoms with van der Waals surface area (Å²) < 4.78 is 0. The first-order chi connectivity index (χ1) is 12.5. The van der Waals surface area contributed by atoms with Crippen molar-refractivity contribution in [1.82, 2.24) is 10.3 Å². The molecule has 1 aromatic heterocycles. The number of halogens is 1. The zero-order valence-corrected chi connectivity index (χ0v) is 16.5. The summed E-state index contributed by atoms with van der Waals surface area (Å²) in [6, 6.07) is 7.65. The van der Waals surface area contributed by atoms with Crippen LogP contribution < -0.4 is 5.32 Å². The number of hydrogen-bond donors (Lipinski definition) is 1. The maximum Gasteiger partial charge on any atom is 0.263 e. The molecule has 4 fully saturated rings. The van der Waals surface area contributed by atoms with E-state index in [0.717, 1.165) is 38.9 Å². The van der Waals surface area contributed by atoms with Crippen LogP contribution in [0.1, 0.15) is 53.9 Å². The molecule has 1 aromatic carbocycles. The maximum atomic E-state index is 13.1. The zero-order valence-electron chi connectivity index (χ0n) is 14.9. The molecule has 4 aliphatic rings. The molecule has 1 N–H and O–H groups in total. The van der Waals surface area contributed by atoms with E-state index in [9.17, 15) is 4.79 Å². The average molecular weight is 387 g/mol. The van der Waals surface area contributed by atoms with E-state index in [1.165, 1.54) is 49.9 Å². The predicted molar refractivity (Wildman–Crippen MR) is 106 cm³/mol. The van der Waals surface area contributed by atoms with Crippen LogP contribution in [0.25, 0.3) is 10.6 Å². The van der Waals surface area contributed by atoms with E-state index in [1.807, 2.05) is 31.2 Å². The van der Waals surface area contributed by atoms with Gasteiger partial charge < -0.3 is 5.32 Å². The van der Waals surface area contributed by atoms with Crippen molar-refractivity contribution in [2.45, 2.75) is 51.0 Å². The molecule has 2 aromatic rings. The monoisotopic (exact) mass is 386 g/mol. The third kappa shape index (κ3) is 2.87. The lowest BCUT2D eigenvalue weighted by molar-refractivity contribution is -0.0166. The molecule has 4 saturated carbocycles. The first-order valence-corrected chi connectivity index (χ1v) is 10.7. The topological polar surface area (TPSA) is 42.0 Å². The number of rotatable bonds is 3. The summed E-state index contributed by atoms with van der Waals surface area (Å²) in [6.07, 6.45) is 7.67. The van der Waals surface area contributed by atoms with E-state index in [1.54, 1.807) is 0 Å². The lowest BCUT2D eigenvalue weighted by Crippen LogP contribution is -2.59. The van der Waals surface area contributed by atoms with Crippen LogP contribution in [-0.2, 0) is 0 Å². The lowest BCUT2D eigenvalue weighted by atomic mass is 9.53. The van der Waals surface area contributed by atoms with Crippen LogP contribution >= 0.6 is 22.9 Å². The molecule has 0 spiro atoms. The van der Waals surface area contributed by atoms with Crippen molar-refractivity contribution in [3.8, 4) is 10.6 Å². The number of carbonyl (C=O) groups excluding carboxylic acids is 1. The van der Waals surface area contributed by atoms with Gasteiger partial charge in [0, 0.05) is 16.1 Å². The third-order valence-corrected chi connectivity index (χ3v) is 7.97. The molecule has 0 atom stereocenters. The smallest absolute Gasteiger partial charge is 0.263 e. The van der Waals surface area contributed by atoms with E-state index in [-0.39, 0.29) is 11.4 Å². The second-order valence-corrected chi connectivity index (χ2v) is 10.0. The maximum absolute atomic E-state index is 13.1. The average Bonchev–Trinajstić information content (AvgIpc) is 2.96. The van der Waals surface area contributed by atoms with E-state index in [4.69, 9.17) is 11.6 Å². The number of aromatic nitrogens is 1. The van der Waals surface area contributed by atoms with Crippen LogP contribution in [0.2, 0.25) is 5.02 Å². The molecular formula is C21H23ClN2OS. The number of benzene rings is 1. The summed E-state index contributed by atoms with van der Waals surface area (Å²) in [5.41, 5.74) is 1.88. The van der Waals surface area contributed by atoms with E-state index in [2.05, 4.69) is 10.3 Å². The van der Waals surface area contributed by atoms with Crippen LogP contribution in [0.15, 0.2) is 24.3 Å². The quantitative estimate of drug-likeness (QED) is 0.759. The van der Waals surface area contributed by atoms with E-state index < -0.39 is 0 Å². The van der Waals surface area contributed by atoms with Gasteiger partial charge in [0.2, 0.25) is 0 Å². The number of aryl methyl sites for hydroxylation is 1. The van der Waals surface area contributed by atoms with Crippen molar-refractivity contribution in [3.63, 3.8) is 0 Å². The molecule has 5 heteroatoms. The normalized spacial score (nSPS) is 32.0. The summed E-state index contributed by atoms with van der Waals surface area (Å²) in [4.78, 5) is 18.5. The minimum Gasteiger partial charge on any atom is -0.346 e. The molecule has 3 nitrogen and oxygen atoms in total. The van der Waals surface area contributed by atoms with Crippen LogP contribution in [0.3, 0.4) is 0 Å². The van der Waals surface area contributed by atoms with E-state index >= 15 is 0 Å². The van der Waals surface area contributed by atoms with Crippen molar-refractivity contribution in [2.24, 2.45) is 17.8 Å². The Balaban J connectivity index is 1.38. The Morgan fingerprint density at radius 3 is 2.27 bits per heavy atom. The number of nitrogens with one attached hydrogen (secondary N) is 1. The first kappa shape index (κ1) is 16.8. The van der Waals surface area contributed by atoms with E-state index in [0.29, 0.717) is 5.02 Å². The second kappa shape index (κ2) is 6.07. The molecule has 0 saturated heterocycles. The predicted octanol–water partition coefficient (Wildman–Crippen LogP) is 5.47. The Hall–Kier alpha value is -1.39. The van der Waals surface area contributed by atoms with Crippen molar-refractivity contribution in [3.05, 3.63) is 39.9 Å². The molecule has 0 aliphatic heterocycles. The van der Waals surface area contributed by atoms with Crippen LogP contribution in [0, 0.1) is 24.7 Å². The molecule has 1 amide bonds. The van der Waals surface area contributed by atoms with Gasteiger partial charge in [-0.15, -0.1) is 11.3 Å². The highest BCUT2D eigenvalue weighted by Crippen LogP contribution is 2.55. The highest BCUT2D eigenvalue weighted by molar-refractivity contribution is 7.17. The number of nitrogens with zero attached hydrogens (tertiary/aromatic N) is 1. The van der Waals surface area contributed by atoms with Gasteiger partial charge in [-0.25, -0.2) is 4.98 Å². The van der Waals surface area contributed by atoms with Crippen molar-refractivity contribution in [1.29, 1.82) is 0 Å². The summed E-state index contributed by atoms with van der Waals surface area (Å²) >= 11 is 7.47. The van der Waals surface area contributed by atoms with Gasteiger partial charge in [0.15, 0.2) is 0 Å². The van der Waals surface area contributed by atoms with Gasteiger partial charge >= 0.3 is 0 Å². The molecular weight excluding hydrogens is 364 g/mol. The highest BCUT2D eigenvalue weighted by Gasteiger charge is 2.51. The van der Waals surface area contributed by atoms with Gasteiger partial charge in [-0.3, -0.25) is 4.79 Å². The standard InChI is InChI=1S/C21H23ClN2OS/c1-12-18(26-20(23-12)16-2-4-17(22)5-3-16)19(25)24-21-9-13-6-14(10-21)8-15(7-13)11-21/h2-5,13-15H,6-11H2,1H3,(H,24,25). The van der Waals surface area contributed by atoms with Crippen LogP contribution in [-0.4, -0.2) is 16.4 Å². The fourth-order valence-corrected chi connectivity index (χ4v) is 6.98. The van der Waals surface area contributed by atoms with Gasteiger partial charge in [0.05, 0.1) is 5.69 Å². The molecule has 4 aliphatic carbocycles. The van der Waals surface area contributed by atoms with Crippen molar-refractivity contribution in [2.75, 3.05) is 0 Å². The molecule has 4 bridgehead atoms. The molecule has 1 heterocycles. The van der Waals surface area contributed by atoms with Gasteiger partial charge in [-0.2, -0.15) is 0 Å². The number of hydrogen-bond acceptors (Lipinski definition) is 3. The van der Waals surface area contributed by atoms with Gasteiger partial charge in [0.1, 0.15) is 9.88 Å². The Morgan fingerprint density at radius 2 is 1.69 bits per heavy atom. The SMILES string of the molecule is Cc1nc(-c2ccc(Cl)cc2)sc1C(=O)NC12CC3CC(CC(C3)C1)C2. The van der Waals surface area contributed by atoms with Crippen molar-refractivity contribution < 1.29 is 4.79 Å². The fourth-order valence-electron chi connectivity index (χ4n) is 5.88. The minimum absolute atomic E-state index is 0.0443. The Bertz CT molecular complexity index is 822. The molecule has 26 heavy (non-hydrogen) atoms. The molecule has 0 unspecified atom stereocenters. The number of amides is 1. The number of carbonyl (C=O) groups is 1. The van der Waals surface area contributed by atoms with Gasteiger partial charge in [-0.1, -0.05) is 23.7 Å². The summed E-state index contributed by atoms with van der Waals surface area (Å²) in [5, 5.41) is 5.06. The lowest BCUT2D eigenvalue weighted by Gasteiger charge is -2.56. The molecule has 6 rings (SSSR count). The van der Waals surface area contributed by atoms with Crippen LogP contribution in [0.5, 0.6) is 0 Å². The summed E-state index contributed by atoms with van der Waals surface area (Å²) in [6.45, 7) is 1.94. The number of thiazole rings is 1. The van der Waals surface area contributed by atoms with Crippen LogP contribution in [0.4, 0.5) is 0 Å². The fraction of sp³-hybridized carbons (Fsp3) is 0.524. The zero-order chi connectivity index (χ0) is 17.9. The Kier molecular flexibility index (Phi) is 3.91. The molecule has 136 valence electrons. The minimum atomic E-state index is 0.0443. The Morgan fingerprint density at radius 1 is 1.12 bits per heavy atom. The summed E-state index contributed by atoms with van der Waals surface area (Å²) in [7, 11) is 0. The van der Waals surface area contributed by atoms with Crippen molar-refractivity contribution >= 4 is 28.8 Å². The highest BCUT2D eigenvalue weighted by atomic mass is 35.5. The Labute approximate surface area is 163 Å².